The summed E-state index contributed by atoms with van der Waals surface area (Å²) >= 11 is 12.0. The average molecular weight is 449 g/mol. The minimum Gasteiger partial charge on any atom is -0.338 e. The molecule has 0 aliphatic carbocycles. The summed E-state index contributed by atoms with van der Waals surface area (Å²) in [6.07, 6.45) is 1.68. The molecule has 1 aliphatic heterocycles. The molecule has 4 rings (SSSR count). The molecule has 3 aromatic rings. The topological polar surface area (TPSA) is 71.3 Å². The van der Waals surface area contributed by atoms with E-state index in [9.17, 15) is 9.18 Å². The van der Waals surface area contributed by atoms with Crippen molar-refractivity contribution in [1.29, 1.82) is 0 Å². The molecule has 1 saturated heterocycles. The summed E-state index contributed by atoms with van der Waals surface area (Å²) in [7, 11) is 0. The number of benzene rings is 2. The standard InChI is InChI=1S/C21H19Cl2FN4O2/c22-15-8-16(23)10-18(9-15)25-21(29)14-2-1-7-28(11-14)12-19-26-20(27-30-19)13-3-5-17(24)6-4-13/h3-6,8-10,14H,1-2,7,11-12H2,(H,25,29). The highest BCUT2D eigenvalue weighted by Gasteiger charge is 2.27. The van der Waals surface area contributed by atoms with Gasteiger partial charge in [0.05, 0.1) is 12.5 Å². The van der Waals surface area contributed by atoms with Crippen LogP contribution in [-0.4, -0.2) is 34.0 Å². The molecule has 156 valence electrons. The van der Waals surface area contributed by atoms with Crippen molar-refractivity contribution in [3.05, 3.63) is 64.2 Å². The molecule has 1 N–H and O–H groups in total. The second-order valence-electron chi connectivity index (χ2n) is 7.24. The van der Waals surface area contributed by atoms with Crippen LogP contribution in [0, 0.1) is 11.7 Å². The van der Waals surface area contributed by atoms with E-state index in [2.05, 4.69) is 20.4 Å². The molecular formula is C21H19Cl2FN4O2. The first-order chi connectivity index (χ1) is 14.5. The van der Waals surface area contributed by atoms with Crippen LogP contribution in [0.2, 0.25) is 10.0 Å². The minimum absolute atomic E-state index is 0.0736. The SMILES string of the molecule is O=C(Nc1cc(Cl)cc(Cl)c1)C1CCCN(Cc2nc(-c3ccc(F)cc3)no2)C1. The number of nitrogens with one attached hydrogen (secondary N) is 1. The lowest BCUT2D eigenvalue weighted by molar-refractivity contribution is -0.121. The van der Waals surface area contributed by atoms with Gasteiger partial charge in [-0.05, 0) is 61.9 Å². The van der Waals surface area contributed by atoms with Gasteiger partial charge in [0.15, 0.2) is 0 Å². The number of piperidine rings is 1. The molecular weight excluding hydrogens is 430 g/mol. The summed E-state index contributed by atoms with van der Waals surface area (Å²) in [5.41, 5.74) is 1.26. The number of anilines is 1. The van der Waals surface area contributed by atoms with Crippen LogP contribution in [0.5, 0.6) is 0 Å². The molecule has 1 atom stereocenters. The summed E-state index contributed by atoms with van der Waals surface area (Å²) < 4.78 is 18.4. The number of halogens is 3. The predicted molar refractivity (Wildman–Crippen MR) is 113 cm³/mol. The largest absolute Gasteiger partial charge is 0.338 e. The fourth-order valence-electron chi connectivity index (χ4n) is 3.51. The van der Waals surface area contributed by atoms with Gasteiger partial charge in [-0.25, -0.2) is 4.39 Å². The highest BCUT2D eigenvalue weighted by Crippen LogP contribution is 2.25. The van der Waals surface area contributed by atoms with Crippen LogP contribution in [0.1, 0.15) is 18.7 Å². The van der Waals surface area contributed by atoms with Crippen molar-refractivity contribution < 1.29 is 13.7 Å². The van der Waals surface area contributed by atoms with Gasteiger partial charge in [-0.2, -0.15) is 4.98 Å². The highest BCUT2D eigenvalue weighted by molar-refractivity contribution is 6.35. The Morgan fingerprint density at radius 1 is 1.20 bits per heavy atom. The summed E-state index contributed by atoms with van der Waals surface area (Å²) in [6, 6.07) is 10.9. The number of likely N-dealkylation sites (tertiary alicyclic amines) is 1. The Hall–Kier alpha value is -2.48. The Kier molecular flexibility index (Phi) is 6.32. The van der Waals surface area contributed by atoms with Gasteiger partial charge in [0, 0.05) is 27.8 Å². The lowest BCUT2D eigenvalue weighted by Gasteiger charge is -2.30. The van der Waals surface area contributed by atoms with Crippen molar-refractivity contribution in [2.24, 2.45) is 5.92 Å². The van der Waals surface area contributed by atoms with E-state index in [1.165, 1.54) is 12.1 Å². The maximum atomic E-state index is 13.1. The molecule has 1 aromatic heterocycles. The van der Waals surface area contributed by atoms with Crippen molar-refractivity contribution >= 4 is 34.8 Å². The molecule has 1 aliphatic rings. The molecule has 1 unspecified atom stereocenters. The van der Waals surface area contributed by atoms with E-state index in [-0.39, 0.29) is 17.6 Å². The van der Waals surface area contributed by atoms with Crippen LogP contribution in [0.4, 0.5) is 10.1 Å². The Bertz CT molecular complexity index is 1020. The molecule has 1 amide bonds. The number of nitrogens with zero attached hydrogens (tertiary/aromatic N) is 3. The predicted octanol–water partition coefficient (Wildman–Crippen LogP) is 5.03. The van der Waals surface area contributed by atoms with Crippen LogP contribution in [0.25, 0.3) is 11.4 Å². The van der Waals surface area contributed by atoms with E-state index in [0.29, 0.717) is 46.1 Å². The van der Waals surface area contributed by atoms with Crippen molar-refractivity contribution in [1.82, 2.24) is 15.0 Å². The van der Waals surface area contributed by atoms with Crippen LogP contribution in [0.15, 0.2) is 47.0 Å². The smallest absolute Gasteiger partial charge is 0.241 e. The Morgan fingerprint density at radius 2 is 1.93 bits per heavy atom. The van der Waals surface area contributed by atoms with Gasteiger partial charge >= 0.3 is 0 Å². The first-order valence-electron chi connectivity index (χ1n) is 9.54. The molecule has 9 heteroatoms. The molecule has 30 heavy (non-hydrogen) atoms. The number of hydrogen-bond donors (Lipinski definition) is 1. The van der Waals surface area contributed by atoms with Crippen molar-refractivity contribution in [3.8, 4) is 11.4 Å². The van der Waals surface area contributed by atoms with Crippen molar-refractivity contribution in [2.45, 2.75) is 19.4 Å². The summed E-state index contributed by atoms with van der Waals surface area (Å²) in [6.45, 7) is 1.86. The van der Waals surface area contributed by atoms with E-state index in [1.54, 1.807) is 30.3 Å². The maximum absolute atomic E-state index is 13.1. The van der Waals surface area contributed by atoms with Gasteiger partial charge in [0.1, 0.15) is 5.82 Å². The number of hydrogen-bond acceptors (Lipinski definition) is 5. The third-order valence-corrected chi connectivity index (χ3v) is 5.37. The van der Waals surface area contributed by atoms with E-state index < -0.39 is 0 Å². The maximum Gasteiger partial charge on any atom is 0.241 e. The quantitative estimate of drug-likeness (QED) is 0.592. The summed E-state index contributed by atoms with van der Waals surface area (Å²) in [5, 5.41) is 7.80. The van der Waals surface area contributed by atoms with Crippen LogP contribution in [-0.2, 0) is 11.3 Å². The number of carbonyl (C=O) groups excluding carboxylic acids is 1. The van der Waals surface area contributed by atoms with Gasteiger partial charge in [-0.3, -0.25) is 9.69 Å². The molecule has 0 radical (unpaired) electrons. The molecule has 0 spiro atoms. The normalized spacial score (nSPS) is 17.1. The fourth-order valence-corrected chi connectivity index (χ4v) is 4.04. The van der Waals surface area contributed by atoms with E-state index >= 15 is 0 Å². The number of rotatable bonds is 5. The number of carbonyl (C=O) groups is 1. The Morgan fingerprint density at radius 3 is 2.67 bits per heavy atom. The van der Waals surface area contributed by atoms with Gasteiger partial charge in [0.25, 0.3) is 0 Å². The van der Waals surface area contributed by atoms with Crippen LogP contribution >= 0.6 is 23.2 Å². The van der Waals surface area contributed by atoms with E-state index in [4.69, 9.17) is 27.7 Å². The molecule has 6 nitrogen and oxygen atoms in total. The average Bonchev–Trinajstić information content (AvgIpc) is 3.16. The van der Waals surface area contributed by atoms with Crippen LogP contribution < -0.4 is 5.32 Å². The summed E-state index contributed by atoms with van der Waals surface area (Å²) in [4.78, 5) is 19.2. The number of aromatic nitrogens is 2. The third-order valence-electron chi connectivity index (χ3n) is 4.94. The van der Waals surface area contributed by atoms with Crippen molar-refractivity contribution in [2.75, 3.05) is 18.4 Å². The van der Waals surface area contributed by atoms with Gasteiger partial charge in [0.2, 0.25) is 17.6 Å². The highest BCUT2D eigenvalue weighted by atomic mass is 35.5. The fraction of sp³-hybridized carbons (Fsp3) is 0.286. The summed E-state index contributed by atoms with van der Waals surface area (Å²) in [5.74, 6) is 0.304. The second kappa shape index (κ2) is 9.12. The second-order valence-corrected chi connectivity index (χ2v) is 8.11. The molecule has 0 bridgehead atoms. The third kappa shape index (κ3) is 5.16. The van der Waals surface area contributed by atoms with Gasteiger partial charge in [-0.15, -0.1) is 0 Å². The van der Waals surface area contributed by atoms with Gasteiger partial charge < -0.3 is 9.84 Å². The first kappa shape index (κ1) is 20.8. The first-order valence-corrected chi connectivity index (χ1v) is 10.3. The number of amides is 1. The molecule has 1 fully saturated rings. The molecule has 0 saturated carbocycles. The lowest BCUT2D eigenvalue weighted by atomic mass is 9.97. The Labute approximate surface area is 183 Å². The van der Waals surface area contributed by atoms with Crippen molar-refractivity contribution in [3.63, 3.8) is 0 Å². The zero-order valence-corrected chi connectivity index (χ0v) is 17.5. The van der Waals surface area contributed by atoms with E-state index in [1.807, 2.05) is 0 Å². The minimum atomic E-state index is -0.319. The molecule has 2 heterocycles. The zero-order valence-electron chi connectivity index (χ0n) is 15.9. The Balaban J connectivity index is 1.37. The lowest BCUT2D eigenvalue weighted by Crippen LogP contribution is -2.40. The molecule has 2 aromatic carbocycles. The monoisotopic (exact) mass is 448 g/mol. The van der Waals surface area contributed by atoms with Gasteiger partial charge in [-0.1, -0.05) is 28.4 Å². The van der Waals surface area contributed by atoms with Crippen LogP contribution in [0.3, 0.4) is 0 Å². The zero-order chi connectivity index (χ0) is 21.1. The van der Waals surface area contributed by atoms with E-state index in [0.717, 1.165) is 19.4 Å².